The number of benzene rings is 4. The molecule has 0 fully saturated rings. The Balaban J connectivity index is 1.34. The summed E-state index contributed by atoms with van der Waals surface area (Å²) < 4.78 is 31.6. The summed E-state index contributed by atoms with van der Waals surface area (Å²) in [6, 6.07) is 20.0. The molecule has 0 saturated heterocycles. The van der Waals surface area contributed by atoms with Crippen LogP contribution in [0.2, 0.25) is 0 Å². The molecular weight excluding hydrogens is 526 g/mol. The van der Waals surface area contributed by atoms with E-state index in [1.54, 1.807) is 0 Å². The number of carboxylic acids is 2. The Hall–Kier alpha value is -5.29. The molecule has 0 atom stereocenters. The van der Waals surface area contributed by atoms with Gasteiger partial charge >= 0.3 is 11.9 Å². The Kier molecular flexibility index (Phi) is 6.21. The molecule has 4 aromatic carbocycles. The number of nitrogens with zero attached hydrogens (tertiary/aromatic N) is 1. The molecule has 0 aromatic heterocycles. The maximum absolute atomic E-state index is 13.0. The van der Waals surface area contributed by atoms with Gasteiger partial charge in [-0.15, -0.1) is 0 Å². The average Bonchev–Trinajstić information content (AvgIpc) is 3.18. The van der Waals surface area contributed by atoms with Gasteiger partial charge in [-0.1, -0.05) is 0 Å². The Bertz CT molecular complexity index is 1760. The molecular formula is C28H17NO9S. The van der Waals surface area contributed by atoms with E-state index >= 15 is 0 Å². The van der Waals surface area contributed by atoms with Gasteiger partial charge in [-0.25, -0.2) is 22.9 Å². The molecule has 194 valence electrons. The number of imide groups is 1. The van der Waals surface area contributed by atoms with E-state index in [-0.39, 0.29) is 49.2 Å². The molecule has 1 aliphatic heterocycles. The third-order valence-corrected chi connectivity index (χ3v) is 7.80. The molecule has 0 radical (unpaired) electrons. The van der Waals surface area contributed by atoms with Crippen LogP contribution in [0.1, 0.15) is 41.4 Å². The molecule has 10 nitrogen and oxygen atoms in total. The molecule has 2 N–H and O–H groups in total. The number of ether oxygens (including phenoxy) is 1. The maximum Gasteiger partial charge on any atom is 0.335 e. The van der Waals surface area contributed by atoms with Gasteiger partial charge in [-0.3, -0.25) is 9.59 Å². The third-order valence-electron chi connectivity index (χ3n) is 6.01. The first-order chi connectivity index (χ1) is 18.6. The van der Waals surface area contributed by atoms with E-state index in [1.165, 1.54) is 91.0 Å². The minimum atomic E-state index is -3.90. The lowest BCUT2D eigenvalue weighted by Gasteiger charge is -2.13. The van der Waals surface area contributed by atoms with Crippen molar-refractivity contribution in [3.05, 3.63) is 113 Å². The topological polar surface area (TPSA) is 155 Å². The number of carboxylic acid groups (broad SMARTS) is 2. The number of aromatic carboxylic acids is 2. The van der Waals surface area contributed by atoms with Crippen LogP contribution >= 0.6 is 0 Å². The molecule has 0 saturated carbocycles. The highest BCUT2D eigenvalue weighted by molar-refractivity contribution is 7.91. The van der Waals surface area contributed by atoms with E-state index < -0.39 is 33.6 Å². The fraction of sp³-hybridized carbons (Fsp3) is 0. The fourth-order valence-electron chi connectivity index (χ4n) is 4.01. The molecule has 0 aliphatic carbocycles. The van der Waals surface area contributed by atoms with Crippen molar-refractivity contribution in [1.29, 1.82) is 0 Å². The first-order valence-electron chi connectivity index (χ1n) is 11.3. The van der Waals surface area contributed by atoms with Crippen LogP contribution in [-0.4, -0.2) is 42.4 Å². The van der Waals surface area contributed by atoms with Crippen molar-refractivity contribution in [3.8, 4) is 11.5 Å². The Morgan fingerprint density at radius 3 is 1.62 bits per heavy atom. The van der Waals surface area contributed by atoms with Crippen LogP contribution in [0.15, 0.2) is 101 Å². The highest BCUT2D eigenvalue weighted by atomic mass is 32.2. The van der Waals surface area contributed by atoms with Crippen LogP contribution < -0.4 is 9.64 Å². The van der Waals surface area contributed by atoms with Gasteiger partial charge < -0.3 is 14.9 Å². The van der Waals surface area contributed by atoms with Crippen LogP contribution in [-0.2, 0) is 9.84 Å². The molecule has 1 aliphatic rings. The van der Waals surface area contributed by atoms with E-state index in [0.29, 0.717) is 0 Å². The number of fused-ring (bicyclic) bond motifs is 1. The number of anilines is 1. The summed E-state index contributed by atoms with van der Waals surface area (Å²) >= 11 is 0. The highest BCUT2D eigenvalue weighted by Crippen LogP contribution is 2.33. The van der Waals surface area contributed by atoms with Gasteiger partial charge in [-0.2, -0.15) is 0 Å². The molecule has 0 spiro atoms. The predicted molar refractivity (Wildman–Crippen MR) is 136 cm³/mol. The SMILES string of the molecule is O=C(O)c1ccc(N2C(=O)c3ccc(Oc4ccc(S(=O)(=O)c5ccc(C(=O)O)cc5)cc4)cc3C2=O)cc1. The van der Waals surface area contributed by atoms with Crippen molar-refractivity contribution in [2.75, 3.05) is 4.90 Å². The number of carbonyl (C=O) groups excluding carboxylic acids is 2. The van der Waals surface area contributed by atoms with E-state index in [9.17, 15) is 27.6 Å². The van der Waals surface area contributed by atoms with Gasteiger partial charge in [-0.05, 0) is 91.0 Å². The molecule has 4 aromatic rings. The minimum Gasteiger partial charge on any atom is -0.478 e. The van der Waals surface area contributed by atoms with Crippen molar-refractivity contribution < 1.29 is 42.5 Å². The largest absolute Gasteiger partial charge is 0.478 e. The second kappa shape index (κ2) is 9.54. The molecule has 0 unspecified atom stereocenters. The maximum atomic E-state index is 13.0. The van der Waals surface area contributed by atoms with E-state index in [1.807, 2.05) is 0 Å². The predicted octanol–water partition coefficient (Wildman–Crippen LogP) is 4.51. The smallest absolute Gasteiger partial charge is 0.335 e. The van der Waals surface area contributed by atoms with Crippen molar-refractivity contribution in [1.82, 2.24) is 0 Å². The standard InChI is InChI=1S/C28H17NO9S/c30-25-23-14-9-20(15-24(23)26(31)29(25)18-5-1-16(2-6-18)27(32)33)38-19-7-12-22(13-8-19)39(36,37)21-10-3-17(4-11-21)28(34)35/h1-15H,(H,32,33)(H,34,35). The van der Waals surface area contributed by atoms with Gasteiger partial charge in [0, 0.05) is 0 Å². The van der Waals surface area contributed by atoms with Crippen LogP contribution in [0.5, 0.6) is 11.5 Å². The van der Waals surface area contributed by atoms with E-state index in [2.05, 4.69) is 0 Å². The average molecular weight is 544 g/mol. The minimum absolute atomic E-state index is 0.0148. The zero-order valence-corrected chi connectivity index (χ0v) is 20.6. The Labute approximate surface area is 221 Å². The van der Waals surface area contributed by atoms with Crippen LogP contribution in [0.4, 0.5) is 5.69 Å². The van der Waals surface area contributed by atoms with Crippen LogP contribution in [0, 0.1) is 0 Å². The lowest BCUT2D eigenvalue weighted by Crippen LogP contribution is -2.29. The molecule has 5 rings (SSSR count). The Morgan fingerprint density at radius 2 is 1.08 bits per heavy atom. The number of sulfone groups is 1. The van der Waals surface area contributed by atoms with Gasteiger partial charge in [0.2, 0.25) is 9.84 Å². The summed E-state index contributed by atoms with van der Waals surface area (Å²) in [5, 5.41) is 18.1. The Morgan fingerprint density at radius 1 is 0.615 bits per heavy atom. The molecule has 0 bridgehead atoms. The van der Waals surface area contributed by atoms with E-state index in [0.717, 1.165) is 4.90 Å². The van der Waals surface area contributed by atoms with Gasteiger partial charge in [0.15, 0.2) is 0 Å². The summed E-state index contributed by atoms with van der Waals surface area (Å²) in [6.45, 7) is 0. The molecule has 2 amide bonds. The van der Waals surface area contributed by atoms with Crippen molar-refractivity contribution >= 4 is 39.3 Å². The zero-order valence-electron chi connectivity index (χ0n) is 19.8. The first kappa shape index (κ1) is 25.4. The van der Waals surface area contributed by atoms with E-state index in [4.69, 9.17) is 14.9 Å². The second-order valence-corrected chi connectivity index (χ2v) is 10.4. The van der Waals surface area contributed by atoms with Gasteiger partial charge in [0.25, 0.3) is 11.8 Å². The van der Waals surface area contributed by atoms with Gasteiger partial charge in [0.1, 0.15) is 11.5 Å². The molecule has 39 heavy (non-hydrogen) atoms. The quantitative estimate of drug-likeness (QED) is 0.320. The lowest BCUT2D eigenvalue weighted by atomic mass is 10.1. The number of amides is 2. The monoisotopic (exact) mass is 543 g/mol. The van der Waals surface area contributed by atoms with Gasteiger partial charge in [0.05, 0.1) is 37.7 Å². The van der Waals surface area contributed by atoms with Crippen LogP contribution in [0.3, 0.4) is 0 Å². The fourth-order valence-corrected chi connectivity index (χ4v) is 5.27. The normalized spacial score (nSPS) is 12.8. The molecule has 11 heteroatoms. The van der Waals surface area contributed by atoms with Crippen molar-refractivity contribution in [2.45, 2.75) is 9.79 Å². The van der Waals surface area contributed by atoms with Crippen molar-refractivity contribution in [2.24, 2.45) is 0 Å². The third kappa shape index (κ3) is 4.62. The number of hydrogen-bond acceptors (Lipinski definition) is 7. The molecule has 1 heterocycles. The summed E-state index contributed by atoms with van der Waals surface area (Å²) in [7, 11) is -3.90. The first-order valence-corrected chi connectivity index (χ1v) is 12.8. The number of hydrogen-bond donors (Lipinski definition) is 2. The zero-order chi connectivity index (χ0) is 27.9. The van der Waals surface area contributed by atoms with Crippen LogP contribution in [0.25, 0.3) is 0 Å². The summed E-state index contributed by atoms with van der Waals surface area (Å²) in [4.78, 5) is 48.8. The summed E-state index contributed by atoms with van der Waals surface area (Å²) in [6.07, 6.45) is 0. The highest BCUT2D eigenvalue weighted by Gasteiger charge is 2.37. The second-order valence-electron chi connectivity index (χ2n) is 8.41. The summed E-state index contributed by atoms with van der Waals surface area (Å²) in [5.41, 5.74) is 0.462. The lowest BCUT2D eigenvalue weighted by molar-refractivity contribution is 0.0686. The van der Waals surface area contributed by atoms with Crippen molar-refractivity contribution in [3.63, 3.8) is 0 Å². The number of rotatable bonds is 7. The summed E-state index contributed by atoms with van der Waals surface area (Å²) in [5.74, 6) is -2.95. The number of carbonyl (C=O) groups is 4.